The van der Waals surface area contributed by atoms with Crippen LogP contribution in [-0.4, -0.2) is 41.8 Å². The number of benzene rings is 2. The fourth-order valence-electron chi connectivity index (χ4n) is 3.62. The third kappa shape index (κ3) is 3.99. The predicted molar refractivity (Wildman–Crippen MR) is 108 cm³/mol. The number of amides is 3. The Labute approximate surface area is 167 Å². The SMILES string of the molecule is NC(=O)c1cccc(C(=O)N2CCCC(NC(=O)c3cc4ccccc4o3)C2)c1. The quantitative estimate of drug-likeness (QED) is 0.713. The van der Waals surface area contributed by atoms with Crippen LogP contribution in [-0.2, 0) is 0 Å². The van der Waals surface area contributed by atoms with Crippen molar-refractivity contribution in [2.24, 2.45) is 5.73 Å². The Morgan fingerprint density at radius 2 is 1.83 bits per heavy atom. The molecule has 3 N–H and O–H groups in total. The Bertz CT molecular complexity index is 1060. The first kappa shape index (κ1) is 18.7. The molecule has 0 aliphatic carbocycles. The van der Waals surface area contributed by atoms with Gasteiger partial charge in [-0.15, -0.1) is 0 Å². The first-order valence-electron chi connectivity index (χ1n) is 9.50. The van der Waals surface area contributed by atoms with Crippen LogP contribution in [0.4, 0.5) is 0 Å². The van der Waals surface area contributed by atoms with Gasteiger partial charge in [0.1, 0.15) is 5.58 Å². The minimum Gasteiger partial charge on any atom is -0.451 e. The maximum Gasteiger partial charge on any atom is 0.287 e. The van der Waals surface area contributed by atoms with Crippen LogP contribution in [0.15, 0.2) is 59.0 Å². The summed E-state index contributed by atoms with van der Waals surface area (Å²) in [6.07, 6.45) is 1.55. The largest absolute Gasteiger partial charge is 0.451 e. The van der Waals surface area contributed by atoms with Crippen LogP contribution in [0, 0.1) is 0 Å². The lowest BCUT2D eigenvalue weighted by Crippen LogP contribution is -2.49. The highest BCUT2D eigenvalue weighted by molar-refractivity contribution is 5.99. The highest BCUT2D eigenvalue weighted by Crippen LogP contribution is 2.20. The van der Waals surface area contributed by atoms with Crippen molar-refractivity contribution in [3.63, 3.8) is 0 Å². The number of hydrogen-bond donors (Lipinski definition) is 2. The summed E-state index contributed by atoms with van der Waals surface area (Å²) >= 11 is 0. The van der Waals surface area contributed by atoms with E-state index in [0.717, 1.165) is 18.2 Å². The number of nitrogens with one attached hydrogen (secondary N) is 1. The van der Waals surface area contributed by atoms with Crippen LogP contribution in [0.3, 0.4) is 0 Å². The smallest absolute Gasteiger partial charge is 0.287 e. The molecule has 29 heavy (non-hydrogen) atoms. The predicted octanol–water partition coefficient (Wildman–Crippen LogP) is 2.57. The molecule has 148 valence electrons. The number of carbonyl (C=O) groups excluding carboxylic acids is 3. The second-order valence-corrected chi connectivity index (χ2v) is 7.16. The number of nitrogens with two attached hydrogens (primary N) is 1. The minimum atomic E-state index is -0.575. The first-order valence-corrected chi connectivity index (χ1v) is 9.50. The molecular formula is C22H21N3O4. The van der Waals surface area contributed by atoms with Gasteiger partial charge in [0.05, 0.1) is 0 Å². The molecule has 4 rings (SSSR count). The van der Waals surface area contributed by atoms with E-state index in [-0.39, 0.29) is 23.6 Å². The van der Waals surface area contributed by atoms with E-state index in [9.17, 15) is 14.4 Å². The Kier molecular flexibility index (Phi) is 5.03. The van der Waals surface area contributed by atoms with Gasteiger partial charge >= 0.3 is 0 Å². The lowest BCUT2D eigenvalue weighted by molar-refractivity contribution is 0.0672. The number of piperidine rings is 1. The van der Waals surface area contributed by atoms with Gasteiger partial charge in [0.25, 0.3) is 11.8 Å². The van der Waals surface area contributed by atoms with Crippen molar-refractivity contribution in [2.75, 3.05) is 13.1 Å². The average molecular weight is 391 g/mol. The van der Waals surface area contributed by atoms with Crippen molar-refractivity contribution in [3.05, 3.63) is 71.5 Å². The molecule has 1 aliphatic heterocycles. The Hall–Kier alpha value is -3.61. The minimum absolute atomic E-state index is 0.173. The normalized spacial score (nSPS) is 16.6. The number of carbonyl (C=O) groups is 3. The molecule has 3 aromatic rings. The Balaban J connectivity index is 1.44. The second-order valence-electron chi connectivity index (χ2n) is 7.16. The summed E-state index contributed by atoms with van der Waals surface area (Å²) in [6, 6.07) is 15.3. The number of hydrogen-bond acceptors (Lipinski definition) is 4. The molecule has 1 aromatic heterocycles. The highest BCUT2D eigenvalue weighted by atomic mass is 16.3. The molecule has 1 fully saturated rings. The zero-order valence-electron chi connectivity index (χ0n) is 15.8. The lowest BCUT2D eigenvalue weighted by atomic mass is 10.0. The molecule has 1 saturated heterocycles. The Morgan fingerprint density at radius 3 is 2.62 bits per heavy atom. The summed E-state index contributed by atoms with van der Waals surface area (Å²) in [7, 11) is 0. The van der Waals surface area contributed by atoms with Crippen LogP contribution in [0.5, 0.6) is 0 Å². The van der Waals surface area contributed by atoms with Crippen molar-refractivity contribution in [1.82, 2.24) is 10.2 Å². The molecule has 7 heteroatoms. The van der Waals surface area contributed by atoms with Crippen molar-refractivity contribution in [2.45, 2.75) is 18.9 Å². The van der Waals surface area contributed by atoms with Gasteiger partial charge < -0.3 is 20.4 Å². The lowest BCUT2D eigenvalue weighted by Gasteiger charge is -2.33. The molecule has 0 bridgehead atoms. The van der Waals surface area contributed by atoms with Crippen LogP contribution in [0.2, 0.25) is 0 Å². The summed E-state index contributed by atoms with van der Waals surface area (Å²) in [5, 5.41) is 3.83. The summed E-state index contributed by atoms with van der Waals surface area (Å²) < 4.78 is 5.61. The third-order valence-corrected chi connectivity index (χ3v) is 5.09. The van der Waals surface area contributed by atoms with E-state index < -0.39 is 5.91 Å². The molecule has 0 saturated carbocycles. The van der Waals surface area contributed by atoms with E-state index in [0.29, 0.717) is 29.8 Å². The zero-order valence-corrected chi connectivity index (χ0v) is 15.8. The maximum absolute atomic E-state index is 12.8. The topological polar surface area (TPSA) is 106 Å². The molecule has 1 atom stereocenters. The average Bonchev–Trinajstić information content (AvgIpc) is 3.18. The third-order valence-electron chi connectivity index (χ3n) is 5.09. The number of likely N-dealkylation sites (tertiary alicyclic amines) is 1. The van der Waals surface area contributed by atoms with Crippen molar-refractivity contribution < 1.29 is 18.8 Å². The van der Waals surface area contributed by atoms with E-state index in [2.05, 4.69) is 5.32 Å². The number of primary amides is 1. The van der Waals surface area contributed by atoms with Crippen LogP contribution < -0.4 is 11.1 Å². The van der Waals surface area contributed by atoms with Crippen molar-refractivity contribution in [3.8, 4) is 0 Å². The number of furan rings is 1. The number of fused-ring (bicyclic) bond motifs is 1. The van der Waals surface area contributed by atoms with Gasteiger partial charge in [-0.1, -0.05) is 24.3 Å². The van der Waals surface area contributed by atoms with E-state index in [1.807, 2.05) is 24.3 Å². The van der Waals surface area contributed by atoms with Gasteiger partial charge in [0.2, 0.25) is 5.91 Å². The van der Waals surface area contributed by atoms with Gasteiger partial charge in [0.15, 0.2) is 5.76 Å². The van der Waals surface area contributed by atoms with E-state index in [1.165, 1.54) is 6.07 Å². The van der Waals surface area contributed by atoms with E-state index in [4.69, 9.17) is 10.2 Å². The van der Waals surface area contributed by atoms with E-state index >= 15 is 0 Å². The van der Waals surface area contributed by atoms with E-state index in [1.54, 1.807) is 29.2 Å². The number of para-hydroxylation sites is 1. The number of nitrogens with zero attached hydrogens (tertiary/aromatic N) is 1. The molecule has 3 amide bonds. The summed E-state index contributed by atoms with van der Waals surface area (Å²) in [4.78, 5) is 38.5. The van der Waals surface area contributed by atoms with Crippen LogP contribution in [0.1, 0.15) is 44.1 Å². The summed E-state index contributed by atoms with van der Waals surface area (Å²) in [5.41, 5.74) is 6.66. The molecular weight excluding hydrogens is 370 g/mol. The standard InChI is InChI=1S/C22H21N3O4/c23-20(26)15-6-3-7-16(11-15)22(28)25-10-4-8-17(13-25)24-21(27)19-12-14-5-1-2-9-18(14)29-19/h1-3,5-7,9,11-12,17H,4,8,10,13H2,(H2,23,26)(H,24,27). The highest BCUT2D eigenvalue weighted by Gasteiger charge is 2.27. The maximum atomic E-state index is 12.8. The first-order chi connectivity index (χ1) is 14.0. The second kappa shape index (κ2) is 7.79. The van der Waals surface area contributed by atoms with Gasteiger partial charge in [0, 0.05) is 35.6 Å². The fourth-order valence-corrected chi connectivity index (χ4v) is 3.62. The number of rotatable bonds is 4. The monoisotopic (exact) mass is 391 g/mol. The molecule has 0 radical (unpaired) electrons. The summed E-state index contributed by atoms with van der Waals surface area (Å²) in [5.74, 6) is -0.801. The molecule has 7 nitrogen and oxygen atoms in total. The van der Waals surface area contributed by atoms with Gasteiger partial charge in [-0.3, -0.25) is 14.4 Å². The van der Waals surface area contributed by atoms with Crippen molar-refractivity contribution >= 4 is 28.7 Å². The van der Waals surface area contributed by atoms with Crippen molar-refractivity contribution in [1.29, 1.82) is 0 Å². The fraction of sp³-hybridized carbons (Fsp3) is 0.227. The Morgan fingerprint density at radius 1 is 1.03 bits per heavy atom. The molecule has 2 aromatic carbocycles. The zero-order chi connectivity index (χ0) is 20.4. The van der Waals surface area contributed by atoms with Crippen LogP contribution in [0.25, 0.3) is 11.0 Å². The van der Waals surface area contributed by atoms with Gasteiger partial charge in [-0.25, -0.2) is 0 Å². The van der Waals surface area contributed by atoms with Gasteiger partial charge in [-0.05, 0) is 43.2 Å². The molecule has 2 heterocycles. The van der Waals surface area contributed by atoms with Crippen LogP contribution >= 0.6 is 0 Å². The molecule has 0 spiro atoms. The molecule has 1 aliphatic rings. The van der Waals surface area contributed by atoms with Gasteiger partial charge in [-0.2, -0.15) is 0 Å². The summed E-state index contributed by atoms with van der Waals surface area (Å²) in [6.45, 7) is 0.988. The molecule has 1 unspecified atom stereocenters.